The molecule has 0 rings (SSSR count). The fourth-order valence-corrected chi connectivity index (χ4v) is 3.50. The van der Waals surface area contributed by atoms with Crippen LogP contribution in [0.1, 0.15) is 41.0 Å². The first kappa shape index (κ1) is 19.8. The lowest BCUT2D eigenvalue weighted by Crippen LogP contribution is -2.21. The molecule has 0 aliphatic rings. The minimum Gasteiger partial charge on any atom is -0.356 e. The lowest BCUT2D eigenvalue weighted by atomic mass is 10.1. The van der Waals surface area contributed by atoms with E-state index >= 15 is 0 Å². The molecule has 0 fully saturated rings. The van der Waals surface area contributed by atoms with Crippen LogP contribution in [0, 0.1) is 5.92 Å². The minimum atomic E-state index is -3.20. The molecule has 0 bridgehead atoms. The Morgan fingerprint density at radius 1 is 0.950 bits per heavy atom. The molecule has 0 heterocycles. The third-order valence-corrected chi connectivity index (χ3v) is 4.45. The predicted molar refractivity (Wildman–Crippen MR) is 80.8 cm³/mol. The van der Waals surface area contributed by atoms with Gasteiger partial charge in [0.05, 0.1) is 12.2 Å². The molecule has 20 heavy (non-hydrogen) atoms. The largest absolute Gasteiger partial charge is 0.356 e. The van der Waals surface area contributed by atoms with E-state index in [4.69, 9.17) is 18.5 Å². The molecule has 0 aromatic carbocycles. The molecule has 0 aliphatic carbocycles. The quantitative estimate of drug-likeness (QED) is 0.447. The van der Waals surface area contributed by atoms with E-state index in [0.717, 1.165) is 0 Å². The molecule has 5 nitrogen and oxygen atoms in total. The van der Waals surface area contributed by atoms with E-state index in [1.165, 1.54) is 5.82 Å². The molecular formula is C14H29O5P. The summed E-state index contributed by atoms with van der Waals surface area (Å²) in [6.07, 6.45) is 1.87. The Morgan fingerprint density at radius 2 is 1.40 bits per heavy atom. The van der Waals surface area contributed by atoms with Crippen LogP contribution in [0.4, 0.5) is 0 Å². The summed E-state index contributed by atoms with van der Waals surface area (Å²) in [5.41, 5.74) is 0. The molecule has 0 saturated carbocycles. The maximum Gasteiger partial charge on any atom is 0.354 e. The summed E-state index contributed by atoms with van der Waals surface area (Å²) in [6.45, 7) is 9.33. The van der Waals surface area contributed by atoms with Gasteiger partial charge in [0, 0.05) is 26.0 Å². The van der Waals surface area contributed by atoms with Crippen LogP contribution in [0.25, 0.3) is 0 Å². The molecule has 0 amide bonds. The van der Waals surface area contributed by atoms with Crippen molar-refractivity contribution in [1.82, 2.24) is 0 Å². The predicted octanol–water partition coefficient (Wildman–Crippen LogP) is 4.19. The Kier molecular flexibility index (Phi) is 9.60. The van der Waals surface area contributed by atoms with Gasteiger partial charge in [-0.05, 0) is 34.1 Å². The summed E-state index contributed by atoms with van der Waals surface area (Å²) in [4.78, 5) is 0. The zero-order valence-electron chi connectivity index (χ0n) is 13.7. The van der Waals surface area contributed by atoms with Crippen LogP contribution in [0.5, 0.6) is 0 Å². The summed E-state index contributed by atoms with van der Waals surface area (Å²) in [5, 5.41) is 0. The number of allylic oxidation sites excluding steroid dienone is 1. The van der Waals surface area contributed by atoms with E-state index in [0.29, 0.717) is 6.42 Å². The van der Waals surface area contributed by atoms with Crippen LogP contribution in [0.15, 0.2) is 11.9 Å². The fraction of sp³-hybridized carbons (Fsp3) is 0.857. The van der Waals surface area contributed by atoms with E-state index in [1.807, 2.05) is 34.6 Å². The summed E-state index contributed by atoms with van der Waals surface area (Å²) in [6, 6.07) is 0. The molecule has 120 valence electrons. The van der Waals surface area contributed by atoms with Crippen molar-refractivity contribution >= 4 is 7.60 Å². The lowest BCUT2D eigenvalue weighted by molar-refractivity contribution is -0.132. The van der Waals surface area contributed by atoms with Crippen LogP contribution < -0.4 is 0 Å². The number of rotatable bonds is 10. The SMILES string of the molecule is COC(OC)C(C)CC=CP(=O)(OC(C)C)OC(C)C. The molecule has 0 N–H and O–H groups in total. The van der Waals surface area contributed by atoms with Gasteiger partial charge in [0.25, 0.3) is 0 Å². The highest BCUT2D eigenvalue weighted by molar-refractivity contribution is 7.57. The highest BCUT2D eigenvalue weighted by atomic mass is 31.2. The second-order valence-corrected chi connectivity index (χ2v) is 7.09. The monoisotopic (exact) mass is 308 g/mol. The molecule has 0 saturated heterocycles. The second-order valence-electron chi connectivity index (χ2n) is 5.29. The summed E-state index contributed by atoms with van der Waals surface area (Å²) in [5.74, 6) is 1.68. The van der Waals surface area contributed by atoms with Crippen molar-refractivity contribution in [3.8, 4) is 0 Å². The minimum absolute atomic E-state index is 0.146. The van der Waals surface area contributed by atoms with Crippen molar-refractivity contribution in [3.05, 3.63) is 11.9 Å². The third-order valence-electron chi connectivity index (χ3n) is 2.44. The third kappa shape index (κ3) is 8.18. The van der Waals surface area contributed by atoms with Gasteiger partial charge in [-0.2, -0.15) is 0 Å². The average molecular weight is 308 g/mol. The highest BCUT2D eigenvalue weighted by Crippen LogP contribution is 2.52. The molecule has 6 heteroatoms. The Bertz CT molecular complexity index is 310. The highest BCUT2D eigenvalue weighted by Gasteiger charge is 2.24. The maximum absolute atomic E-state index is 12.5. The first-order chi connectivity index (χ1) is 9.24. The number of hydrogen-bond acceptors (Lipinski definition) is 5. The van der Waals surface area contributed by atoms with E-state index in [2.05, 4.69) is 0 Å². The Morgan fingerprint density at radius 3 is 1.75 bits per heavy atom. The number of ether oxygens (including phenoxy) is 2. The van der Waals surface area contributed by atoms with Crippen molar-refractivity contribution in [2.45, 2.75) is 59.5 Å². The van der Waals surface area contributed by atoms with Gasteiger partial charge >= 0.3 is 7.60 Å². The van der Waals surface area contributed by atoms with Gasteiger partial charge in [-0.1, -0.05) is 13.0 Å². The van der Waals surface area contributed by atoms with Crippen LogP contribution in [-0.2, 0) is 23.1 Å². The van der Waals surface area contributed by atoms with Gasteiger partial charge in [0.2, 0.25) is 0 Å². The molecule has 1 unspecified atom stereocenters. The molecule has 0 aromatic heterocycles. The van der Waals surface area contributed by atoms with Crippen molar-refractivity contribution in [3.63, 3.8) is 0 Å². The topological polar surface area (TPSA) is 54.0 Å². The van der Waals surface area contributed by atoms with Crippen molar-refractivity contribution in [2.24, 2.45) is 5.92 Å². The van der Waals surface area contributed by atoms with Gasteiger partial charge in [-0.15, -0.1) is 0 Å². The Balaban J connectivity index is 4.65. The fourth-order valence-electron chi connectivity index (χ4n) is 1.76. The lowest BCUT2D eigenvalue weighted by Gasteiger charge is -2.21. The summed E-state index contributed by atoms with van der Waals surface area (Å²) in [7, 11) is 0.00329. The van der Waals surface area contributed by atoms with E-state index in [9.17, 15) is 4.57 Å². The van der Waals surface area contributed by atoms with E-state index in [-0.39, 0.29) is 24.4 Å². The number of hydrogen-bond donors (Lipinski definition) is 0. The normalized spacial score (nSPS) is 14.9. The maximum atomic E-state index is 12.5. The van der Waals surface area contributed by atoms with Crippen LogP contribution in [0.2, 0.25) is 0 Å². The number of methoxy groups -OCH3 is 2. The molecule has 0 radical (unpaired) electrons. The molecular weight excluding hydrogens is 279 g/mol. The van der Waals surface area contributed by atoms with Gasteiger partial charge in [0.15, 0.2) is 6.29 Å². The Labute approximate surface area is 123 Å². The van der Waals surface area contributed by atoms with Crippen LogP contribution in [-0.4, -0.2) is 32.7 Å². The van der Waals surface area contributed by atoms with Crippen molar-refractivity contribution in [1.29, 1.82) is 0 Å². The van der Waals surface area contributed by atoms with Crippen molar-refractivity contribution in [2.75, 3.05) is 14.2 Å². The van der Waals surface area contributed by atoms with Crippen LogP contribution in [0.3, 0.4) is 0 Å². The first-order valence-electron chi connectivity index (χ1n) is 6.94. The second kappa shape index (κ2) is 9.69. The van der Waals surface area contributed by atoms with Gasteiger partial charge in [-0.3, -0.25) is 4.57 Å². The smallest absolute Gasteiger partial charge is 0.354 e. The average Bonchev–Trinajstić information content (AvgIpc) is 2.27. The molecule has 0 aromatic rings. The zero-order valence-corrected chi connectivity index (χ0v) is 14.6. The summed E-state index contributed by atoms with van der Waals surface area (Å²) < 4.78 is 33.8. The zero-order chi connectivity index (χ0) is 15.8. The molecule has 1 atom stereocenters. The van der Waals surface area contributed by atoms with Crippen LogP contribution >= 0.6 is 7.60 Å². The van der Waals surface area contributed by atoms with Gasteiger partial charge < -0.3 is 18.5 Å². The molecule has 0 aliphatic heterocycles. The standard InChI is InChI=1S/C14H29O5P/c1-11(2)18-20(15,19-12(3)4)10-8-9-13(5)14(16-6)17-7/h8,10-14H,9H2,1-7H3. The van der Waals surface area contributed by atoms with Crippen molar-refractivity contribution < 1.29 is 23.1 Å². The Hall–Kier alpha value is -0.190. The van der Waals surface area contributed by atoms with Gasteiger partial charge in [0.1, 0.15) is 0 Å². The van der Waals surface area contributed by atoms with E-state index in [1.54, 1.807) is 20.3 Å². The van der Waals surface area contributed by atoms with Gasteiger partial charge in [-0.25, -0.2) is 0 Å². The molecule has 0 spiro atoms. The summed E-state index contributed by atoms with van der Waals surface area (Å²) >= 11 is 0. The first-order valence-corrected chi connectivity index (χ1v) is 8.55. The van der Waals surface area contributed by atoms with E-state index < -0.39 is 7.60 Å².